The second-order valence-electron chi connectivity index (χ2n) is 5.98. The van der Waals surface area contributed by atoms with Gasteiger partial charge in [0.15, 0.2) is 0 Å². The second kappa shape index (κ2) is 7.94. The molecule has 1 aromatic heterocycles. The van der Waals surface area contributed by atoms with Gasteiger partial charge < -0.3 is 9.64 Å². The van der Waals surface area contributed by atoms with Gasteiger partial charge in [-0.1, -0.05) is 6.07 Å². The van der Waals surface area contributed by atoms with Gasteiger partial charge in [-0.05, 0) is 19.1 Å². The zero-order valence-corrected chi connectivity index (χ0v) is 15.5. The number of nitrogens with one attached hydrogen (secondary N) is 1. The first-order valence-corrected chi connectivity index (χ1v) is 9.75. The van der Waals surface area contributed by atoms with E-state index < -0.39 is 14.9 Å². The molecule has 0 atom stereocenters. The molecule has 144 valence electrons. The third kappa shape index (κ3) is 4.76. The number of aryl methyl sites for hydroxylation is 1. The normalized spacial score (nSPS) is 14.9. The lowest BCUT2D eigenvalue weighted by Crippen LogP contribution is -2.37. The minimum atomic E-state index is -3.91. The van der Waals surface area contributed by atoms with Gasteiger partial charge in [0.25, 0.3) is 5.69 Å². The van der Waals surface area contributed by atoms with Crippen LogP contribution in [0.4, 0.5) is 11.6 Å². The van der Waals surface area contributed by atoms with Gasteiger partial charge in [0.05, 0.1) is 35.3 Å². The molecule has 0 amide bonds. The topological polar surface area (TPSA) is 128 Å². The number of rotatable bonds is 6. The molecule has 0 aliphatic carbocycles. The van der Waals surface area contributed by atoms with Crippen LogP contribution in [0.15, 0.2) is 35.2 Å². The minimum Gasteiger partial charge on any atom is -0.378 e. The standard InChI is InChI=1S/C16H19N5O5S/c1-12-9-13(19-16(18-12)20-5-7-26-8-6-20)11-17-27(24,25)15-4-2-3-14(10-15)21(22)23/h2-4,9-10,17H,5-8,11H2,1H3. The van der Waals surface area contributed by atoms with E-state index in [4.69, 9.17) is 4.74 Å². The predicted octanol–water partition coefficient (Wildman–Crippen LogP) is 1.01. The summed E-state index contributed by atoms with van der Waals surface area (Å²) < 4.78 is 32.6. The third-order valence-corrected chi connectivity index (χ3v) is 5.37. The van der Waals surface area contributed by atoms with Crippen molar-refractivity contribution in [2.45, 2.75) is 18.4 Å². The first-order valence-electron chi connectivity index (χ1n) is 8.26. The van der Waals surface area contributed by atoms with Crippen molar-refractivity contribution < 1.29 is 18.1 Å². The van der Waals surface area contributed by atoms with Gasteiger partial charge >= 0.3 is 0 Å². The van der Waals surface area contributed by atoms with E-state index in [-0.39, 0.29) is 17.1 Å². The Morgan fingerprint density at radius 2 is 2.00 bits per heavy atom. The smallest absolute Gasteiger partial charge is 0.270 e. The molecule has 0 unspecified atom stereocenters. The van der Waals surface area contributed by atoms with Crippen LogP contribution in [0.5, 0.6) is 0 Å². The van der Waals surface area contributed by atoms with Gasteiger partial charge in [0, 0.05) is 30.9 Å². The lowest BCUT2D eigenvalue weighted by molar-refractivity contribution is -0.385. The van der Waals surface area contributed by atoms with Crippen molar-refractivity contribution in [3.8, 4) is 0 Å². The average Bonchev–Trinajstić information content (AvgIpc) is 2.67. The van der Waals surface area contributed by atoms with Crippen LogP contribution in [-0.2, 0) is 21.3 Å². The maximum Gasteiger partial charge on any atom is 0.270 e. The summed E-state index contributed by atoms with van der Waals surface area (Å²) in [5.41, 5.74) is 0.944. The van der Waals surface area contributed by atoms with Crippen molar-refractivity contribution in [1.82, 2.24) is 14.7 Å². The van der Waals surface area contributed by atoms with E-state index in [2.05, 4.69) is 14.7 Å². The number of hydrogen-bond donors (Lipinski definition) is 1. The van der Waals surface area contributed by atoms with E-state index in [0.717, 1.165) is 11.8 Å². The van der Waals surface area contributed by atoms with Crippen LogP contribution >= 0.6 is 0 Å². The Morgan fingerprint density at radius 1 is 1.26 bits per heavy atom. The van der Waals surface area contributed by atoms with Gasteiger partial charge in [-0.2, -0.15) is 0 Å². The van der Waals surface area contributed by atoms with Gasteiger partial charge in [-0.3, -0.25) is 10.1 Å². The summed E-state index contributed by atoms with van der Waals surface area (Å²) in [6.45, 7) is 4.28. The summed E-state index contributed by atoms with van der Waals surface area (Å²) in [7, 11) is -3.91. The molecule has 2 heterocycles. The molecule has 1 saturated heterocycles. The molecular weight excluding hydrogens is 374 g/mol. The van der Waals surface area contributed by atoms with Crippen molar-refractivity contribution in [3.63, 3.8) is 0 Å². The van der Waals surface area contributed by atoms with Crippen LogP contribution < -0.4 is 9.62 Å². The van der Waals surface area contributed by atoms with Crippen molar-refractivity contribution in [2.75, 3.05) is 31.2 Å². The number of nitro groups is 1. The van der Waals surface area contributed by atoms with Gasteiger partial charge in [0.2, 0.25) is 16.0 Å². The lowest BCUT2D eigenvalue weighted by Gasteiger charge is -2.27. The highest BCUT2D eigenvalue weighted by Crippen LogP contribution is 2.18. The minimum absolute atomic E-state index is 0.0499. The number of non-ortho nitro benzene ring substituents is 1. The van der Waals surface area contributed by atoms with Crippen molar-refractivity contribution in [1.29, 1.82) is 0 Å². The molecule has 0 spiro atoms. The summed E-state index contributed by atoms with van der Waals surface area (Å²) in [6.07, 6.45) is 0. The molecule has 0 radical (unpaired) electrons. The molecule has 2 aromatic rings. The molecule has 10 nitrogen and oxygen atoms in total. The quantitative estimate of drug-likeness (QED) is 0.569. The van der Waals surface area contributed by atoms with E-state index in [0.29, 0.717) is 37.9 Å². The predicted molar refractivity (Wildman–Crippen MR) is 96.9 cm³/mol. The lowest BCUT2D eigenvalue weighted by atomic mass is 10.3. The summed E-state index contributed by atoms with van der Waals surface area (Å²) in [4.78, 5) is 20.8. The number of benzene rings is 1. The monoisotopic (exact) mass is 393 g/mol. The first kappa shape index (κ1) is 19.1. The summed E-state index contributed by atoms with van der Waals surface area (Å²) in [6, 6.07) is 6.59. The maximum atomic E-state index is 12.4. The highest BCUT2D eigenvalue weighted by molar-refractivity contribution is 7.89. The molecule has 1 aromatic carbocycles. The van der Waals surface area contributed by atoms with Gasteiger partial charge in [-0.15, -0.1) is 0 Å². The number of sulfonamides is 1. The van der Waals surface area contributed by atoms with E-state index >= 15 is 0 Å². The largest absolute Gasteiger partial charge is 0.378 e. The van der Waals surface area contributed by atoms with Crippen molar-refractivity contribution >= 4 is 21.7 Å². The van der Waals surface area contributed by atoms with Gasteiger partial charge in [0.1, 0.15) is 0 Å². The average molecular weight is 393 g/mol. The molecule has 1 fully saturated rings. The number of morpholine rings is 1. The summed E-state index contributed by atoms with van der Waals surface area (Å²) in [5.74, 6) is 0.530. The Balaban J connectivity index is 1.76. The zero-order chi connectivity index (χ0) is 19.4. The molecule has 3 rings (SSSR count). The zero-order valence-electron chi connectivity index (χ0n) is 14.7. The van der Waals surface area contributed by atoms with Crippen LogP contribution in [0.2, 0.25) is 0 Å². The van der Waals surface area contributed by atoms with E-state index in [1.165, 1.54) is 18.2 Å². The molecular formula is C16H19N5O5S. The Kier molecular flexibility index (Phi) is 5.63. The number of anilines is 1. The number of hydrogen-bond acceptors (Lipinski definition) is 8. The SMILES string of the molecule is Cc1cc(CNS(=O)(=O)c2cccc([N+](=O)[O-])c2)nc(N2CCOCC2)n1. The van der Waals surface area contributed by atoms with Crippen LogP contribution in [-0.4, -0.2) is 49.6 Å². The van der Waals surface area contributed by atoms with Crippen LogP contribution in [0, 0.1) is 17.0 Å². The molecule has 27 heavy (non-hydrogen) atoms. The Morgan fingerprint density at radius 3 is 2.70 bits per heavy atom. The molecule has 1 aliphatic heterocycles. The number of aromatic nitrogens is 2. The Bertz CT molecular complexity index is 944. The molecule has 11 heteroatoms. The first-order chi connectivity index (χ1) is 12.8. The molecule has 1 aliphatic rings. The van der Waals surface area contributed by atoms with E-state index in [1.54, 1.807) is 6.07 Å². The number of nitrogens with zero attached hydrogens (tertiary/aromatic N) is 4. The highest BCUT2D eigenvalue weighted by Gasteiger charge is 2.19. The van der Waals surface area contributed by atoms with Crippen molar-refractivity contribution in [3.05, 3.63) is 51.8 Å². The van der Waals surface area contributed by atoms with Crippen LogP contribution in [0.1, 0.15) is 11.4 Å². The summed E-state index contributed by atoms with van der Waals surface area (Å²) >= 11 is 0. The number of ether oxygens (including phenoxy) is 1. The number of nitro benzene ring substituents is 1. The van der Waals surface area contributed by atoms with Crippen molar-refractivity contribution in [2.24, 2.45) is 0 Å². The Hall–Kier alpha value is -2.63. The fraction of sp³-hybridized carbons (Fsp3) is 0.375. The fourth-order valence-corrected chi connectivity index (χ4v) is 3.67. The van der Waals surface area contributed by atoms with Crippen LogP contribution in [0.3, 0.4) is 0 Å². The van der Waals surface area contributed by atoms with E-state index in [1.807, 2.05) is 11.8 Å². The molecule has 0 bridgehead atoms. The van der Waals surface area contributed by atoms with Crippen LogP contribution in [0.25, 0.3) is 0 Å². The fourth-order valence-electron chi connectivity index (χ4n) is 2.63. The molecule has 1 N–H and O–H groups in total. The second-order valence-corrected chi connectivity index (χ2v) is 7.75. The third-order valence-electron chi connectivity index (χ3n) is 3.97. The summed E-state index contributed by atoms with van der Waals surface area (Å²) in [5, 5.41) is 10.8. The highest BCUT2D eigenvalue weighted by atomic mass is 32.2. The maximum absolute atomic E-state index is 12.4. The molecule has 0 saturated carbocycles. The van der Waals surface area contributed by atoms with E-state index in [9.17, 15) is 18.5 Å². The van der Waals surface area contributed by atoms with Gasteiger partial charge in [-0.25, -0.2) is 23.1 Å². The Labute approximate surface area is 156 Å².